The standard InChI is InChI=1S/C20H31N3O4S/c1-15-5-6-19(16(2)11-15)28(25,26)23-9-7-21(8-10-23)14-20(24)22-12-17(3)27-18(4)13-22/h5-6,11,17-18H,7-10,12-14H2,1-4H3/t17-,18-/m0/s1. The molecule has 7 nitrogen and oxygen atoms in total. The van der Waals surface area contributed by atoms with E-state index in [1.54, 1.807) is 6.07 Å². The Morgan fingerprint density at radius 3 is 2.25 bits per heavy atom. The van der Waals surface area contributed by atoms with Gasteiger partial charge in [-0.05, 0) is 39.3 Å². The lowest BCUT2D eigenvalue weighted by atomic mass is 10.2. The van der Waals surface area contributed by atoms with Gasteiger partial charge in [-0.3, -0.25) is 9.69 Å². The van der Waals surface area contributed by atoms with Crippen molar-refractivity contribution in [3.05, 3.63) is 29.3 Å². The minimum atomic E-state index is -3.50. The smallest absolute Gasteiger partial charge is 0.243 e. The first-order valence-electron chi connectivity index (χ1n) is 9.90. The summed E-state index contributed by atoms with van der Waals surface area (Å²) in [7, 11) is -3.50. The zero-order valence-corrected chi connectivity index (χ0v) is 18.0. The third kappa shape index (κ3) is 4.74. The van der Waals surface area contributed by atoms with Gasteiger partial charge in [0.15, 0.2) is 0 Å². The fraction of sp³-hybridized carbons (Fsp3) is 0.650. The van der Waals surface area contributed by atoms with E-state index in [0.717, 1.165) is 11.1 Å². The van der Waals surface area contributed by atoms with Crippen LogP contribution < -0.4 is 0 Å². The summed E-state index contributed by atoms with van der Waals surface area (Å²) in [6, 6.07) is 5.42. The van der Waals surface area contributed by atoms with E-state index in [2.05, 4.69) is 0 Å². The Labute approximate surface area is 168 Å². The highest BCUT2D eigenvalue weighted by Crippen LogP contribution is 2.22. The Morgan fingerprint density at radius 2 is 1.68 bits per heavy atom. The van der Waals surface area contributed by atoms with Gasteiger partial charge in [0.1, 0.15) is 0 Å². The minimum absolute atomic E-state index is 0.0486. The number of hydrogen-bond acceptors (Lipinski definition) is 5. The van der Waals surface area contributed by atoms with Gasteiger partial charge in [0, 0.05) is 39.3 Å². The van der Waals surface area contributed by atoms with Gasteiger partial charge in [-0.25, -0.2) is 8.42 Å². The molecular formula is C20H31N3O4S. The molecule has 156 valence electrons. The summed E-state index contributed by atoms with van der Waals surface area (Å²) in [5.74, 6) is 0.0905. The second-order valence-corrected chi connectivity index (χ2v) is 9.91. The monoisotopic (exact) mass is 409 g/mol. The number of benzene rings is 1. The second kappa shape index (κ2) is 8.49. The van der Waals surface area contributed by atoms with Crippen LogP contribution in [0.2, 0.25) is 0 Å². The Kier molecular flexibility index (Phi) is 6.44. The molecule has 1 amide bonds. The lowest BCUT2D eigenvalue weighted by Gasteiger charge is -2.38. The fourth-order valence-corrected chi connectivity index (χ4v) is 5.66. The van der Waals surface area contributed by atoms with Crippen molar-refractivity contribution in [1.29, 1.82) is 0 Å². The molecular weight excluding hydrogens is 378 g/mol. The molecule has 28 heavy (non-hydrogen) atoms. The zero-order chi connectivity index (χ0) is 20.5. The number of carbonyl (C=O) groups is 1. The third-order valence-corrected chi connectivity index (χ3v) is 7.47. The van der Waals surface area contributed by atoms with Crippen molar-refractivity contribution in [2.75, 3.05) is 45.8 Å². The lowest BCUT2D eigenvalue weighted by molar-refractivity contribution is -0.144. The van der Waals surface area contributed by atoms with Crippen LogP contribution in [0.1, 0.15) is 25.0 Å². The summed E-state index contributed by atoms with van der Waals surface area (Å²) in [5.41, 5.74) is 1.82. The first kappa shape index (κ1) is 21.2. The van der Waals surface area contributed by atoms with E-state index in [1.807, 2.05) is 49.6 Å². The topological polar surface area (TPSA) is 70.2 Å². The molecule has 2 fully saturated rings. The molecule has 1 aromatic rings. The van der Waals surface area contributed by atoms with Gasteiger partial charge in [0.25, 0.3) is 0 Å². The van der Waals surface area contributed by atoms with Gasteiger partial charge in [-0.1, -0.05) is 17.7 Å². The number of aryl methyl sites for hydroxylation is 2. The maximum Gasteiger partial charge on any atom is 0.243 e. The van der Waals surface area contributed by atoms with Crippen LogP contribution in [0.15, 0.2) is 23.1 Å². The van der Waals surface area contributed by atoms with Crippen molar-refractivity contribution in [1.82, 2.24) is 14.1 Å². The lowest BCUT2D eigenvalue weighted by Crippen LogP contribution is -2.54. The van der Waals surface area contributed by atoms with Crippen LogP contribution >= 0.6 is 0 Å². The van der Waals surface area contributed by atoms with Crippen LogP contribution in [0, 0.1) is 13.8 Å². The highest BCUT2D eigenvalue weighted by molar-refractivity contribution is 7.89. The first-order chi connectivity index (χ1) is 13.2. The molecule has 0 aromatic heterocycles. The average Bonchev–Trinajstić information content (AvgIpc) is 2.61. The Balaban J connectivity index is 1.57. The van der Waals surface area contributed by atoms with Crippen LogP contribution in [0.25, 0.3) is 0 Å². The minimum Gasteiger partial charge on any atom is -0.372 e. The SMILES string of the molecule is Cc1ccc(S(=O)(=O)N2CCN(CC(=O)N3C[C@H](C)O[C@@H](C)C3)CC2)c(C)c1. The summed E-state index contributed by atoms with van der Waals surface area (Å²) < 4.78 is 33.2. The molecule has 3 rings (SSSR count). The molecule has 2 heterocycles. The van der Waals surface area contributed by atoms with E-state index in [0.29, 0.717) is 50.7 Å². The van der Waals surface area contributed by atoms with Crippen molar-refractivity contribution in [2.24, 2.45) is 0 Å². The van der Waals surface area contributed by atoms with E-state index in [1.165, 1.54) is 4.31 Å². The quantitative estimate of drug-likeness (QED) is 0.749. The molecule has 0 N–H and O–H groups in total. The number of carbonyl (C=O) groups excluding carboxylic acids is 1. The number of sulfonamides is 1. The highest BCUT2D eigenvalue weighted by atomic mass is 32.2. The predicted molar refractivity (Wildman–Crippen MR) is 108 cm³/mol. The molecule has 0 saturated carbocycles. The van der Waals surface area contributed by atoms with Crippen molar-refractivity contribution in [3.63, 3.8) is 0 Å². The number of nitrogens with zero attached hydrogens (tertiary/aromatic N) is 3. The van der Waals surface area contributed by atoms with E-state index in [4.69, 9.17) is 4.74 Å². The van der Waals surface area contributed by atoms with E-state index >= 15 is 0 Å². The number of amides is 1. The summed E-state index contributed by atoms with van der Waals surface area (Å²) in [4.78, 5) is 16.9. The second-order valence-electron chi connectivity index (χ2n) is 8.01. The average molecular weight is 410 g/mol. The molecule has 0 bridgehead atoms. The molecule has 0 unspecified atom stereocenters. The highest BCUT2D eigenvalue weighted by Gasteiger charge is 2.32. The summed E-state index contributed by atoms with van der Waals surface area (Å²) in [5, 5.41) is 0. The van der Waals surface area contributed by atoms with Gasteiger partial charge >= 0.3 is 0 Å². The van der Waals surface area contributed by atoms with Crippen LogP contribution in [0.3, 0.4) is 0 Å². The van der Waals surface area contributed by atoms with E-state index in [9.17, 15) is 13.2 Å². The van der Waals surface area contributed by atoms with Gasteiger partial charge in [0.05, 0.1) is 23.6 Å². The molecule has 0 spiro atoms. The fourth-order valence-electron chi connectivity index (χ4n) is 4.03. The van der Waals surface area contributed by atoms with Gasteiger partial charge in [-0.2, -0.15) is 4.31 Å². The largest absolute Gasteiger partial charge is 0.372 e. The van der Waals surface area contributed by atoms with Crippen molar-refractivity contribution < 1.29 is 17.9 Å². The van der Waals surface area contributed by atoms with Gasteiger partial charge in [0.2, 0.25) is 15.9 Å². The van der Waals surface area contributed by atoms with Crippen molar-refractivity contribution >= 4 is 15.9 Å². The number of piperazine rings is 1. The van der Waals surface area contributed by atoms with E-state index < -0.39 is 10.0 Å². The summed E-state index contributed by atoms with van der Waals surface area (Å²) in [6.07, 6.45) is 0.0971. The number of hydrogen-bond donors (Lipinski definition) is 0. The molecule has 2 aliphatic heterocycles. The molecule has 2 atom stereocenters. The Bertz CT molecular complexity index is 809. The van der Waals surface area contributed by atoms with Crippen molar-refractivity contribution in [3.8, 4) is 0 Å². The Hall–Kier alpha value is -1.48. The maximum atomic E-state index is 13.0. The van der Waals surface area contributed by atoms with E-state index in [-0.39, 0.29) is 18.1 Å². The summed E-state index contributed by atoms with van der Waals surface area (Å²) >= 11 is 0. The van der Waals surface area contributed by atoms with Crippen LogP contribution in [0.5, 0.6) is 0 Å². The molecule has 8 heteroatoms. The third-order valence-electron chi connectivity index (χ3n) is 5.41. The number of rotatable bonds is 4. The normalized spacial score (nSPS) is 25.1. The first-order valence-corrected chi connectivity index (χ1v) is 11.3. The number of morpholine rings is 1. The molecule has 2 aliphatic rings. The molecule has 2 saturated heterocycles. The maximum absolute atomic E-state index is 13.0. The molecule has 0 radical (unpaired) electrons. The van der Waals surface area contributed by atoms with Gasteiger partial charge < -0.3 is 9.64 Å². The Morgan fingerprint density at radius 1 is 1.07 bits per heavy atom. The van der Waals surface area contributed by atoms with Gasteiger partial charge in [-0.15, -0.1) is 0 Å². The summed E-state index contributed by atoms with van der Waals surface area (Å²) in [6.45, 7) is 11.2. The van der Waals surface area contributed by atoms with Crippen LogP contribution in [0.4, 0.5) is 0 Å². The van der Waals surface area contributed by atoms with Crippen molar-refractivity contribution in [2.45, 2.75) is 44.8 Å². The van der Waals surface area contributed by atoms with Crippen LogP contribution in [-0.4, -0.2) is 86.5 Å². The predicted octanol–water partition coefficient (Wildman–Crippen LogP) is 1.25. The van der Waals surface area contributed by atoms with Crippen LogP contribution in [-0.2, 0) is 19.6 Å². The zero-order valence-electron chi connectivity index (χ0n) is 17.2. The number of ether oxygens (including phenoxy) is 1. The molecule has 1 aromatic carbocycles. The molecule has 0 aliphatic carbocycles.